The fourth-order valence-corrected chi connectivity index (χ4v) is 2.74. The normalized spacial score (nSPS) is 22.7. The van der Waals surface area contributed by atoms with E-state index in [1.165, 1.54) is 0 Å². The minimum Gasteiger partial charge on any atom is -0.298 e. The molecule has 0 radical (unpaired) electrons. The van der Waals surface area contributed by atoms with Gasteiger partial charge in [-0.25, -0.2) is 0 Å². The monoisotopic (exact) mass is 250 g/mol. The zero-order chi connectivity index (χ0) is 13.2. The van der Waals surface area contributed by atoms with Gasteiger partial charge in [0.25, 0.3) is 0 Å². The van der Waals surface area contributed by atoms with E-state index in [0.29, 0.717) is 6.42 Å². The lowest BCUT2D eigenvalue weighted by atomic mass is 9.91. The molecule has 0 bridgehead atoms. The minimum atomic E-state index is -0.577. The van der Waals surface area contributed by atoms with Gasteiger partial charge in [-0.2, -0.15) is 0 Å². The highest BCUT2D eigenvalue weighted by Crippen LogP contribution is 2.37. The fourth-order valence-electron chi connectivity index (χ4n) is 2.74. The Morgan fingerprint density at radius 2 is 1.26 bits per heavy atom. The van der Waals surface area contributed by atoms with Gasteiger partial charge in [0.1, 0.15) is 11.7 Å². The predicted molar refractivity (Wildman–Crippen MR) is 73.0 cm³/mol. The van der Waals surface area contributed by atoms with Crippen molar-refractivity contribution >= 4 is 11.6 Å². The van der Waals surface area contributed by atoms with E-state index < -0.39 is 5.92 Å². The minimum absolute atomic E-state index is 0.0300. The third kappa shape index (κ3) is 2.10. The average Bonchev–Trinajstić information content (AvgIpc) is 2.76. The highest BCUT2D eigenvalue weighted by atomic mass is 16.2. The van der Waals surface area contributed by atoms with Gasteiger partial charge >= 0.3 is 0 Å². The summed E-state index contributed by atoms with van der Waals surface area (Å²) in [6.45, 7) is 0. The molecule has 0 N–H and O–H groups in total. The molecule has 2 unspecified atom stereocenters. The average molecular weight is 250 g/mol. The molecule has 2 heteroatoms. The lowest BCUT2D eigenvalue weighted by Gasteiger charge is -2.09. The number of hydrogen-bond acceptors (Lipinski definition) is 2. The largest absolute Gasteiger partial charge is 0.298 e. The van der Waals surface area contributed by atoms with Gasteiger partial charge < -0.3 is 0 Å². The van der Waals surface area contributed by atoms with Crippen molar-refractivity contribution < 1.29 is 9.59 Å². The van der Waals surface area contributed by atoms with Crippen molar-refractivity contribution in [3.8, 4) is 0 Å². The van der Waals surface area contributed by atoms with Crippen LogP contribution >= 0.6 is 0 Å². The third-order valence-electron chi connectivity index (χ3n) is 3.69. The van der Waals surface area contributed by atoms with Crippen LogP contribution in [-0.4, -0.2) is 11.6 Å². The summed E-state index contributed by atoms with van der Waals surface area (Å²) in [5.74, 6) is -0.794. The fraction of sp³-hybridized carbons (Fsp3) is 0.176. The van der Waals surface area contributed by atoms with E-state index in [9.17, 15) is 9.59 Å². The lowest BCUT2D eigenvalue weighted by molar-refractivity contribution is -0.124. The van der Waals surface area contributed by atoms with Gasteiger partial charge in [0.05, 0.1) is 5.92 Å². The van der Waals surface area contributed by atoms with Crippen molar-refractivity contribution in [3.05, 3.63) is 71.8 Å². The van der Waals surface area contributed by atoms with Crippen molar-refractivity contribution in [1.82, 2.24) is 0 Å². The molecule has 2 nitrogen and oxygen atoms in total. The predicted octanol–water partition coefficient (Wildman–Crippen LogP) is 3.10. The first kappa shape index (κ1) is 11.8. The zero-order valence-electron chi connectivity index (χ0n) is 10.5. The molecule has 0 amide bonds. The molecule has 2 aromatic carbocycles. The lowest BCUT2D eigenvalue weighted by Crippen LogP contribution is -2.14. The second-order valence-electron chi connectivity index (χ2n) is 4.88. The van der Waals surface area contributed by atoms with Crippen LogP contribution in [0.1, 0.15) is 29.4 Å². The van der Waals surface area contributed by atoms with Crippen molar-refractivity contribution in [2.24, 2.45) is 0 Å². The standard InChI is InChI=1S/C17H14O2/c18-15-11-14(12-7-3-1-4-8-12)17(19)16(15)13-9-5-2-6-10-13/h1-10,14,16H,11H2. The summed E-state index contributed by atoms with van der Waals surface area (Å²) in [6, 6.07) is 18.9. The maximum absolute atomic E-state index is 12.5. The molecule has 0 aliphatic heterocycles. The van der Waals surface area contributed by atoms with Crippen LogP contribution in [0.5, 0.6) is 0 Å². The van der Waals surface area contributed by atoms with Crippen LogP contribution in [0.4, 0.5) is 0 Å². The van der Waals surface area contributed by atoms with Gasteiger partial charge in [0.15, 0.2) is 5.78 Å². The zero-order valence-corrected chi connectivity index (χ0v) is 10.5. The highest BCUT2D eigenvalue weighted by Gasteiger charge is 2.42. The summed E-state index contributed by atoms with van der Waals surface area (Å²) in [7, 11) is 0. The summed E-state index contributed by atoms with van der Waals surface area (Å²) in [5.41, 5.74) is 1.76. The Balaban J connectivity index is 1.94. The molecule has 2 atom stereocenters. The van der Waals surface area contributed by atoms with Gasteiger partial charge in [-0.05, 0) is 11.1 Å². The quantitative estimate of drug-likeness (QED) is 0.767. The van der Waals surface area contributed by atoms with Crippen LogP contribution in [0.3, 0.4) is 0 Å². The van der Waals surface area contributed by atoms with E-state index in [1.54, 1.807) is 0 Å². The van der Waals surface area contributed by atoms with E-state index in [4.69, 9.17) is 0 Å². The topological polar surface area (TPSA) is 34.1 Å². The molecule has 1 aliphatic carbocycles. The van der Waals surface area contributed by atoms with Crippen LogP contribution in [0.2, 0.25) is 0 Å². The van der Waals surface area contributed by atoms with Crippen molar-refractivity contribution in [2.75, 3.05) is 0 Å². The Hall–Kier alpha value is -2.22. The molecule has 1 fully saturated rings. The number of benzene rings is 2. The van der Waals surface area contributed by atoms with Gasteiger partial charge in [-0.1, -0.05) is 60.7 Å². The summed E-state index contributed by atoms with van der Waals surface area (Å²) >= 11 is 0. The number of hydrogen-bond donors (Lipinski definition) is 0. The van der Waals surface area contributed by atoms with E-state index in [2.05, 4.69) is 0 Å². The van der Waals surface area contributed by atoms with Crippen LogP contribution in [0, 0.1) is 0 Å². The number of carbonyl (C=O) groups is 2. The summed E-state index contributed by atoms with van der Waals surface area (Å²) in [6.07, 6.45) is 0.322. The van der Waals surface area contributed by atoms with Gasteiger partial charge in [-0.3, -0.25) is 9.59 Å². The molecule has 0 saturated heterocycles. The Labute approximate surface area is 112 Å². The Kier molecular flexibility index (Phi) is 3.00. The molecule has 94 valence electrons. The molecule has 1 aliphatic rings. The maximum atomic E-state index is 12.5. The molecule has 3 rings (SSSR count). The molecular weight excluding hydrogens is 236 g/mol. The molecule has 19 heavy (non-hydrogen) atoms. The van der Waals surface area contributed by atoms with Crippen molar-refractivity contribution in [2.45, 2.75) is 18.3 Å². The number of carbonyl (C=O) groups excluding carboxylic acids is 2. The van der Waals surface area contributed by atoms with Crippen LogP contribution < -0.4 is 0 Å². The first-order valence-electron chi connectivity index (χ1n) is 6.43. The Bertz CT molecular complexity index is 602. The van der Waals surface area contributed by atoms with Crippen LogP contribution in [-0.2, 0) is 9.59 Å². The van der Waals surface area contributed by atoms with Gasteiger partial charge in [-0.15, -0.1) is 0 Å². The molecule has 0 spiro atoms. The Morgan fingerprint density at radius 1 is 0.737 bits per heavy atom. The summed E-state index contributed by atoms with van der Waals surface area (Å²) < 4.78 is 0. The summed E-state index contributed by atoms with van der Waals surface area (Å²) in [4.78, 5) is 24.6. The molecule has 2 aromatic rings. The van der Waals surface area contributed by atoms with E-state index in [0.717, 1.165) is 11.1 Å². The maximum Gasteiger partial charge on any atom is 0.155 e. The Morgan fingerprint density at radius 3 is 1.84 bits per heavy atom. The second-order valence-corrected chi connectivity index (χ2v) is 4.88. The smallest absolute Gasteiger partial charge is 0.155 e. The second kappa shape index (κ2) is 4.81. The molecule has 1 saturated carbocycles. The van der Waals surface area contributed by atoms with E-state index in [1.807, 2.05) is 60.7 Å². The van der Waals surface area contributed by atoms with Crippen LogP contribution in [0.15, 0.2) is 60.7 Å². The van der Waals surface area contributed by atoms with E-state index >= 15 is 0 Å². The molecule has 0 aromatic heterocycles. The van der Waals surface area contributed by atoms with E-state index in [-0.39, 0.29) is 17.5 Å². The third-order valence-corrected chi connectivity index (χ3v) is 3.69. The molecular formula is C17H14O2. The first-order valence-corrected chi connectivity index (χ1v) is 6.43. The highest BCUT2D eigenvalue weighted by molar-refractivity contribution is 6.16. The summed E-state index contributed by atoms with van der Waals surface area (Å²) in [5, 5.41) is 0. The van der Waals surface area contributed by atoms with Gasteiger partial charge in [0, 0.05) is 6.42 Å². The first-order chi connectivity index (χ1) is 9.27. The molecule has 0 heterocycles. The van der Waals surface area contributed by atoms with Crippen molar-refractivity contribution in [3.63, 3.8) is 0 Å². The van der Waals surface area contributed by atoms with Gasteiger partial charge in [0.2, 0.25) is 0 Å². The van der Waals surface area contributed by atoms with Crippen LogP contribution in [0.25, 0.3) is 0 Å². The number of rotatable bonds is 2. The van der Waals surface area contributed by atoms with Crippen molar-refractivity contribution in [1.29, 1.82) is 0 Å². The SMILES string of the molecule is O=C1CC(c2ccccc2)C(=O)C1c1ccccc1. The number of Topliss-reactive ketones (excluding diaryl/α,β-unsaturated/α-hetero) is 2. The number of ketones is 2.